The van der Waals surface area contributed by atoms with Gasteiger partial charge in [-0.2, -0.15) is 0 Å². The van der Waals surface area contributed by atoms with Crippen molar-refractivity contribution in [3.05, 3.63) is 76.3 Å². The normalized spacial score (nSPS) is 25.2. The maximum absolute atomic E-state index is 13.5. The Bertz CT molecular complexity index is 1170. The number of nitrogens with zero attached hydrogens (tertiary/aromatic N) is 3. The topological polar surface area (TPSA) is 75.4 Å². The fraction of sp³-hybridized carbons (Fsp3) is 0.375. The molecule has 2 fully saturated rings. The third kappa shape index (κ3) is 2.86. The lowest BCUT2D eigenvalue weighted by atomic mass is 9.70. The monoisotopic (exact) mass is 403 g/mol. The van der Waals surface area contributed by atoms with Crippen LogP contribution in [0.4, 0.5) is 0 Å². The number of benzene rings is 2. The Kier molecular flexibility index (Phi) is 4.47. The van der Waals surface area contributed by atoms with Gasteiger partial charge >= 0.3 is 0 Å². The van der Waals surface area contributed by atoms with Crippen LogP contribution in [0, 0.1) is 5.41 Å². The van der Waals surface area contributed by atoms with Crippen LogP contribution in [-0.4, -0.2) is 44.2 Å². The Morgan fingerprint density at radius 2 is 2.00 bits per heavy atom. The predicted molar refractivity (Wildman–Crippen MR) is 114 cm³/mol. The first-order chi connectivity index (χ1) is 14.5. The van der Waals surface area contributed by atoms with E-state index in [1.54, 1.807) is 25.2 Å². The van der Waals surface area contributed by atoms with Crippen LogP contribution in [0.15, 0.2) is 59.7 Å². The highest BCUT2D eigenvalue weighted by molar-refractivity contribution is 5.98. The summed E-state index contributed by atoms with van der Waals surface area (Å²) in [5.74, 6) is -0.0322. The summed E-state index contributed by atoms with van der Waals surface area (Å²) in [4.78, 5) is 32.1. The average molecular weight is 403 g/mol. The van der Waals surface area contributed by atoms with Crippen LogP contribution in [0.3, 0.4) is 0 Å². The minimum atomic E-state index is -0.301. The summed E-state index contributed by atoms with van der Waals surface area (Å²) < 4.78 is 1.43. The summed E-state index contributed by atoms with van der Waals surface area (Å²) in [5.41, 5.74) is 1.85. The largest absolute Gasteiger partial charge is 0.396 e. The number of hydrogen-bond acceptors (Lipinski definition) is 4. The van der Waals surface area contributed by atoms with Gasteiger partial charge in [-0.15, -0.1) is 0 Å². The number of aromatic nitrogens is 2. The minimum absolute atomic E-state index is 0.0208. The van der Waals surface area contributed by atoms with Crippen LogP contribution in [0.25, 0.3) is 10.9 Å². The van der Waals surface area contributed by atoms with Crippen LogP contribution in [0.5, 0.6) is 0 Å². The van der Waals surface area contributed by atoms with E-state index in [-0.39, 0.29) is 35.6 Å². The van der Waals surface area contributed by atoms with Crippen molar-refractivity contribution >= 4 is 16.8 Å². The van der Waals surface area contributed by atoms with Crippen molar-refractivity contribution in [1.29, 1.82) is 0 Å². The van der Waals surface area contributed by atoms with Gasteiger partial charge in [0.1, 0.15) is 0 Å². The van der Waals surface area contributed by atoms with E-state index in [4.69, 9.17) is 0 Å². The summed E-state index contributed by atoms with van der Waals surface area (Å²) in [5, 5.41) is 10.9. The molecule has 5 rings (SSSR count). The number of aliphatic hydroxyl groups excluding tert-OH is 1. The highest BCUT2D eigenvalue weighted by Gasteiger charge is 2.57. The van der Waals surface area contributed by atoms with Gasteiger partial charge in [-0.25, -0.2) is 4.98 Å². The lowest BCUT2D eigenvalue weighted by molar-refractivity contribution is 0.0571. The molecule has 3 atom stereocenters. The third-order valence-corrected chi connectivity index (χ3v) is 6.97. The quantitative estimate of drug-likeness (QED) is 0.726. The van der Waals surface area contributed by atoms with E-state index in [2.05, 4.69) is 17.1 Å². The Balaban J connectivity index is 1.47. The summed E-state index contributed by atoms with van der Waals surface area (Å²) in [6, 6.07) is 15.5. The van der Waals surface area contributed by atoms with E-state index >= 15 is 0 Å². The Hall–Kier alpha value is -2.99. The standard InChI is InChI=1S/C24H25N3O3/c1-26-15-25-20-11-17(7-9-19(20)23(26)30)22(29)27-18-8-10-21(27)24(13-18,14-28)12-16-5-3-2-4-6-16/h2-7,9,11,15,18,21,28H,8,10,12-14H2,1H3/t18-,21+,24-/m1/s1. The van der Waals surface area contributed by atoms with Gasteiger partial charge in [-0.05, 0) is 49.4 Å². The molecular weight excluding hydrogens is 378 g/mol. The van der Waals surface area contributed by atoms with Crippen molar-refractivity contribution < 1.29 is 9.90 Å². The van der Waals surface area contributed by atoms with Crippen molar-refractivity contribution in [3.8, 4) is 0 Å². The van der Waals surface area contributed by atoms with Crippen molar-refractivity contribution in [2.45, 2.75) is 37.8 Å². The number of hydrogen-bond donors (Lipinski definition) is 1. The van der Waals surface area contributed by atoms with Gasteiger partial charge in [0, 0.05) is 30.1 Å². The van der Waals surface area contributed by atoms with E-state index in [1.165, 1.54) is 16.5 Å². The van der Waals surface area contributed by atoms with E-state index in [9.17, 15) is 14.7 Å². The van der Waals surface area contributed by atoms with Crippen molar-refractivity contribution in [3.63, 3.8) is 0 Å². The highest BCUT2D eigenvalue weighted by Crippen LogP contribution is 2.51. The third-order valence-electron chi connectivity index (χ3n) is 6.97. The SMILES string of the molecule is Cn1cnc2cc(C(=O)N3[C@@H]4CC[C@H]3[C@](CO)(Cc3ccccc3)C4)ccc2c1=O. The molecule has 1 amide bonds. The fourth-order valence-corrected chi connectivity index (χ4v) is 5.51. The first-order valence-electron chi connectivity index (χ1n) is 10.5. The van der Waals surface area contributed by atoms with Crippen LogP contribution < -0.4 is 5.56 Å². The first kappa shape index (κ1) is 19.0. The summed E-state index contributed by atoms with van der Waals surface area (Å²) in [6.45, 7) is 0.0716. The van der Waals surface area contributed by atoms with Gasteiger partial charge in [0.05, 0.1) is 23.8 Å². The molecule has 3 heterocycles. The Labute approximate surface area is 174 Å². The van der Waals surface area contributed by atoms with Crippen molar-refractivity contribution in [1.82, 2.24) is 14.5 Å². The molecule has 30 heavy (non-hydrogen) atoms. The number of aryl methyl sites for hydroxylation is 1. The van der Waals surface area contributed by atoms with Gasteiger partial charge in [0.2, 0.25) is 0 Å². The number of carbonyl (C=O) groups excluding carboxylic acids is 1. The lowest BCUT2D eigenvalue weighted by Crippen LogP contribution is -2.44. The molecule has 2 aliphatic rings. The molecule has 1 N–H and O–H groups in total. The van der Waals surface area contributed by atoms with E-state index in [0.717, 1.165) is 25.7 Å². The van der Waals surface area contributed by atoms with Gasteiger partial charge in [-0.3, -0.25) is 9.59 Å². The minimum Gasteiger partial charge on any atom is -0.396 e. The van der Waals surface area contributed by atoms with Gasteiger partial charge in [0.15, 0.2) is 0 Å². The van der Waals surface area contributed by atoms with Gasteiger partial charge < -0.3 is 14.6 Å². The summed E-state index contributed by atoms with van der Waals surface area (Å²) in [6.07, 6.45) is 4.95. The van der Waals surface area contributed by atoms with Crippen LogP contribution in [-0.2, 0) is 13.5 Å². The Morgan fingerprint density at radius 1 is 1.20 bits per heavy atom. The maximum Gasteiger partial charge on any atom is 0.260 e. The van der Waals surface area contributed by atoms with E-state index < -0.39 is 0 Å². The molecule has 0 saturated carbocycles. The lowest BCUT2D eigenvalue weighted by Gasteiger charge is -2.36. The highest BCUT2D eigenvalue weighted by atomic mass is 16.3. The fourth-order valence-electron chi connectivity index (χ4n) is 5.51. The van der Waals surface area contributed by atoms with Crippen molar-refractivity contribution in [2.75, 3.05) is 6.61 Å². The molecule has 0 spiro atoms. The van der Waals surface area contributed by atoms with Crippen LogP contribution in [0.2, 0.25) is 0 Å². The van der Waals surface area contributed by atoms with Crippen LogP contribution in [0.1, 0.15) is 35.2 Å². The molecule has 154 valence electrons. The molecule has 1 aromatic heterocycles. The molecule has 6 nitrogen and oxygen atoms in total. The van der Waals surface area contributed by atoms with Crippen molar-refractivity contribution in [2.24, 2.45) is 12.5 Å². The second-order valence-corrected chi connectivity index (χ2v) is 8.74. The number of carbonyl (C=O) groups is 1. The predicted octanol–water partition coefficient (Wildman–Crippen LogP) is 2.53. The van der Waals surface area contributed by atoms with E-state index in [1.807, 2.05) is 23.1 Å². The molecule has 2 saturated heterocycles. The molecule has 2 aliphatic heterocycles. The zero-order valence-corrected chi connectivity index (χ0v) is 17.0. The average Bonchev–Trinajstić information content (AvgIpc) is 3.32. The number of amides is 1. The second kappa shape index (κ2) is 7.06. The molecule has 2 aromatic carbocycles. The molecule has 3 aromatic rings. The van der Waals surface area contributed by atoms with Gasteiger partial charge in [0.25, 0.3) is 11.5 Å². The molecule has 0 radical (unpaired) electrons. The maximum atomic E-state index is 13.5. The number of rotatable bonds is 4. The molecule has 6 heteroatoms. The molecule has 0 aliphatic carbocycles. The summed E-state index contributed by atoms with van der Waals surface area (Å²) in [7, 11) is 1.66. The molecule has 2 bridgehead atoms. The zero-order chi connectivity index (χ0) is 20.9. The van der Waals surface area contributed by atoms with Crippen LogP contribution >= 0.6 is 0 Å². The smallest absolute Gasteiger partial charge is 0.260 e. The molecule has 0 unspecified atom stereocenters. The summed E-state index contributed by atoms with van der Waals surface area (Å²) >= 11 is 0. The van der Waals surface area contributed by atoms with Gasteiger partial charge in [-0.1, -0.05) is 30.3 Å². The Morgan fingerprint density at radius 3 is 2.77 bits per heavy atom. The molecular formula is C24H25N3O3. The number of fused-ring (bicyclic) bond motifs is 3. The zero-order valence-electron chi connectivity index (χ0n) is 17.0. The second-order valence-electron chi connectivity index (χ2n) is 8.74. The van der Waals surface area contributed by atoms with E-state index in [0.29, 0.717) is 16.5 Å². The first-order valence-corrected chi connectivity index (χ1v) is 10.5. The number of aliphatic hydroxyl groups is 1.